The Hall–Kier alpha value is -2.26. The van der Waals surface area contributed by atoms with Crippen LogP contribution in [0.15, 0.2) is 54.7 Å². The van der Waals surface area contributed by atoms with Gasteiger partial charge in [0.1, 0.15) is 5.75 Å². The van der Waals surface area contributed by atoms with E-state index >= 15 is 0 Å². The molecular weight excluding hydrogens is 320 g/mol. The third kappa shape index (κ3) is 3.78. The van der Waals surface area contributed by atoms with Gasteiger partial charge in [0.2, 0.25) is 0 Å². The number of piperidine rings is 1. The summed E-state index contributed by atoms with van der Waals surface area (Å²) in [6, 6.07) is 17.0. The summed E-state index contributed by atoms with van der Waals surface area (Å²) in [6.07, 6.45) is 7.25. The quantitative estimate of drug-likeness (QED) is 0.629. The molecule has 0 atom stereocenters. The van der Waals surface area contributed by atoms with Crippen LogP contribution in [0.25, 0.3) is 16.6 Å². The Kier molecular flexibility index (Phi) is 5.26. The fourth-order valence-corrected chi connectivity index (χ4v) is 3.98. The number of nitrogens with one attached hydrogen (secondary N) is 1. The zero-order chi connectivity index (χ0) is 17.8. The van der Waals surface area contributed by atoms with E-state index in [0.717, 1.165) is 24.7 Å². The van der Waals surface area contributed by atoms with Gasteiger partial charge in [0.15, 0.2) is 0 Å². The van der Waals surface area contributed by atoms with E-state index in [1.54, 1.807) is 0 Å². The first-order valence-electron chi connectivity index (χ1n) is 9.82. The first kappa shape index (κ1) is 17.2. The molecule has 3 nitrogen and oxygen atoms in total. The molecule has 1 fully saturated rings. The highest BCUT2D eigenvalue weighted by molar-refractivity contribution is 5.75. The van der Waals surface area contributed by atoms with E-state index in [1.165, 1.54) is 54.7 Å². The summed E-state index contributed by atoms with van der Waals surface area (Å²) >= 11 is 0. The van der Waals surface area contributed by atoms with Crippen molar-refractivity contribution < 1.29 is 4.74 Å². The van der Waals surface area contributed by atoms with Crippen molar-refractivity contribution in [1.82, 2.24) is 9.72 Å². The Balaban J connectivity index is 1.45. The monoisotopic (exact) mass is 348 g/mol. The molecule has 3 aromatic rings. The van der Waals surface area contributed by atoms with Crippen molar-refractivity contribution in [2.24, 2.45) is 5.92 Å². The number of pyridine rings is 1. The van der Waals surface area contributed by atoms with Crippen LogP contribution in [-0.4, -0.2) is 24.1 Å². The molecule has 1 aromatic carbocycles. The largest absolute Gasteiger partial charge is 0.493 e. The van der Waals surface area contributed by atoms with Gasteiger partial charge in [0.25, 0.3) is 0 Å². The third-order valence-corrected chi connectivity index (χ3v) is 5.51. The first-order chi connectivity index (χ1) is 12.8. The molecule has 1 aliphatic heterocycles. The van der Waals surface area contributed by atoms with Gasteiger partial charge in [0.05, 0.1) is 6.61 Å². The third-order valence-electron chi connectivity index (χ3n) is 5.51. The Labute approximate surface area is 156 Å². The van der Waals surface area contributed by atoms with Gasteiger partial charge in [0, 0.05) is 28.5 Å². The Morgan fingerprint density at radius 3 is 2.77 bits per heavy atom. The molecule has 0 amide bonds. The SMILES string of the molecule is Cc1cccc2cc(-c3ccccc3OCCCC3CCNCC3)cn12. The van der Waals surface area contributed by atoms with Crippen molar-refractivity contribution in [2.45, 2.75) is 32.6 Å². The van der Waals surface area contributed by atoms with Gasteiger partial charge < -0.3 is 14.5 Å². The lowest BCUT2D eigenvalue weighted by Gasteiger charge is -2.22. The molecule has 136 valence electrons. The van der Waals surface area contributed by atoms with E-state index in [9.17, 15) is 0 Å². The molecule has 1 saturated heterocycles. The number of fused-ring (bicyclic) bond motifs is 1. The topological polar surface area (TPSA) is 25.7 Å². The number of ether oxygens (including phenoxy) is 1. The molecule has 0 spiro atoms. The molecule has 0 unspecified atom stereocenters. The first-order valence-corrected chi connectivity index (χ1v) is 9.82. The maximum Gasteiger partial charge on any atom is 0.127 e. The Morgan fingerprint density at radius 1 is 1.08 bits per heavy atom. The molecule has 0 bridgehead atoms. The lowest BCUT2D eigenvalue weighted by Crippen LogP contribution is -2.27. The Morgan fingerprint density at radius 2 is 1.92 bits per heavy atom. The van der Waals surface area contributed by atoms with E-state index < -0.39 is 0 Å². The summed E-state index contributed by atoms with van der Waals surface area (Å²) in [6.45, 7) is 5.29. The van der Waals surface area contributed by atoms with Crippen LogP contribution in [0.5, 0.6) is 5.75 Å². The fraction of sp³-hybridized carbons (Fsp3) is 0.391. The van der Waals surface area contributed by atoms with Gasteiger partial charge in [-0.1, -0.05) is 24.3 Å². The standard InChI is InChI=1S/C23H28N2O/c1-18-6-4-8-21-16-20(17-25(18)21)22-9-2-3-10-23(22)26-15-5-7-19-11-13-24-14-12-19/h2-4,6,8-10,16-17,19,24H,5,7,11-15H2,1H3. The van der Waals surface area contributed by atoms with Crippen molar-refractivity contribution in [3.63, 3.8) is 0 Å². The van der Waals surface area contributed by atoms with Crippen LogP contribution < -0.4 is 10.1 Å². The molecule has 0 radical (unpaired) electrons. The molecule has 4 rings (SSSR count). The lowest BCUT2D eigenvalue weighted by molar-refractivity contribution is 0.274. The predicted molar refractivity (Wildman–Crippen MR) is 108 cm³/mol. The van der Waals surface area contributed by atoms with Gasteiger partial charge in [-0.15, -0.1) is 0 Å². The molecule has 2 aromatic heterocycles. The predicted octanol–water partition coefficient (Wildman–Crippen LogP) is 5.07. The van der Waals surface area contributed by atoms with Crippen molar-refractivity contribution in [2.75, 3.05) is 19.7 Å². The van der Waals surface area contributed by atoms with Crippen LogP contribution in [-0.2, 0) is 0 Å². The zero-order valence-electron chi connectivity index (χ0n) is 15.6. The van der Waals surface area contributed by atoms with Gasteiger partial charge in [-0.25, -0.2) is 0 Å². The zero-order valence-corrected chi connectivity index (χ0v) is 15.6. The lowest BCUT2D eigenvalue weighted by atomic mass is 9.93. The minimum atomic E-state index is 0.799. The van der Waals surface area contributed by atoms with Crippen molar-refractivity contribution >= 4 is 5.52 Å². The number of aryl methyl sites for hydroxylation is 1. The highest BCUT2D eigenvalue weighted by Crippen LogP contribution is 2.32. The van der Waals surface area contributed by atoms with E-state index in [1.807, 2.05) is 0 Å². The second-order valence-corrected chi connectivity index (χ2v) is 7.37. The van der Waals surface area contributed by atoms with Gasteiger partial charge in [-0.05, 0) is 75.9 Å². The van der Waals surface area contributed by atoms with Crippen LogP contribution in [0.1, 0.15) is 31.4 Å². The summed E-state index contributed by atoms with van der Waals surface area (Å²) in [5.74, 6) is 1.86. The van der Waals surface area contributed by atoms with Crippen LogP contribution in [0.2, 0.25) is 0 Å². The average Bonchev–Trinajstić information content (AvgIpc) is 3.12. The van der Waals surface area contributed by atoms with Crippen molar-refractivity contribution in [1.29, 1.82) is 0 Å². The maximum absolute atomic E-state index is 6.18. The molecule has 26 heavy (non-hydrogen) atoms. The van der Waals surface area contributed by atoms with Crippen molar-refractivity contribution in [3.05, 3.63) is 60.4 Å². The summed E-state index contributed by atoms with van der Waals surface area (Å²) in [7, 11) is 0. The molecule has 0 saturated carbocycles. The minimum Gasteiger partial charge on any atom is -0.493 e. The van der Waals surface area contributed by atoms with E-state index in [-0.39, 0.29) is 0 Å². The molecule has 1 N–H and O–H groups in total. The summed E-state index contributed by atoms with van der Waals surface area (Å²) in [5.41, 5.74) is 4.86. The van der Waals surface area contributed by atoms with Crippen LogP contribution >= 0.6 is 0 Å². The maximum atomic E-state index is 6.18. The Bertz CT molecular complexity index is 862. The summed E-state index contributed by atoms with van der Waals surface area (Å²) in [5, 5.41) is 3.44. The van der Waals surface area contributed by atoms with Crippen molar-refractivity contribution in [3.8, 4) is 16.9 Å². The minimum absolute atomic E-state index is 0.799. The van der Waals surface area contributed by atoms with Gasteiger partial charge in [-0.2, -0.15) is 0 Å². The molecule has 3 heteroatoms. The number of para-hydroxylation sites is 1. The highest BCUT2D eigenvalue weighted by atomic mass is 16.5. The molecule has 3 heterocycles. The smallest absolute Gasteiger partial charge is 0.127 e. The second kappa shape index (κ2) is 7.96. The van der Waals surface area contributed by atoms with Crippen LogP contribution in [0.3, 0.4) is 0 Å². The highest BCUT2D eigenvalue weighted by Gasteiger charge is 2.13. The van der Waals surface area contributed by atoms with Gasteiger partial charge >= 0.3 is 0 Å². The normalized spacial score (nSPS) is 15.4. The fourth-order valence-electron chi connectivity index (χ4n) is 3.98. The number of aromatic nitrogens is 1. The summed E-state index contributed by atoms with van der Waals surface area (Å²) < 4.78 is 8.42. The van der Waals surface area contributed by atoms with Gasteiger partial charge in [-0.3, -0.25) is 0 Å². The number of nitrogens with zero attached hydrogens (tertiary/aromatic N) is 1. The molecular formula is C23H28N2O. The van der Waals surface area contributed by atoms with Crippen LogP contribution in [0, 0.1) is 12.8 Å². The number of hydrogen-bond donors (Lipinski definition) is 1. The summed E-state index contributed by atoms with van der Waals surface area (Å²) in [4.78, 5) is 0. The van der Waals surface area contributed by atoms with E-state index in [2.05, 4.69) is 71.4 Å². The van der Waals surface area contributed by atoms with E-state index in [0.29, 0.717) is 0 Å². The second-order valence-electron chi connectivity index (χ2n) is 7.37. The average molecular weight is 348 g/mol. The number of benzene rings is 1. The molecule has 0 aliphatic carbocycles. The number of hydrogen-bond acceptors (Lipinski definition) is 2. The molecule has 1 aliphatic rings. The van der Waals surface area contributed by atoms with Crippen LogP contribution in [0.4, 0.5) is 0 Å². The van der Waals surface area contributed by atoms with E-state index in [4.69, 9.17) is 4.74 Å². The number of rotatable bonds is 6.